The Morgan fingerprint density at radius 3 is 2.71 bits per heavy atom. The third kappa shape index (κ3) is 1.42. The summed E-state index contributed by atoms with van der Waals surface area (Å²) in [7, 11) is 0. The number of benzene rings is 1. The van der Waals surface area contributed by atoms with Gasteiger partial charge in [-0.2, -0.15) is 0 Å². The van der Waals surface area contributed by atoms with Gasteiger partial charge in [0.2, 0.25) is 0 Å². The molecule has 0 aliphatic rings. The molecule has 0 aliphatic carbocycles. The zero-order valence-corrected chi connectivity index (χ0v) is 8.33. The van der Waals surface area contributed by atoms with Gasteiger partial charge in [0.15, 0.2) is 0 Å². The molecule has 0 bridgehead atoms. The monoisotopic (exact) mass is 187 g/mol. The van der Waals surface area contributed by atoms with Crippen LogP contribution >= 0.6 is 0 Å². The zero-order valence-electron chi connectivity index (χ0n) is 8.33. The van der Waals surface area contributed by atoms with E-state index in [1.807, 2.05) is 12.1 Å². The van der Waals surface area contributed by atoms with Crippen molar-refractivity contribution in [1.82, 2.24) is 4.98 Å². The summed E-state index contributed by atoms with van der Waals surface area (Å²) in [6, 6.07) is 8.12. The summed E-state index contributed by atoms with van der Waals surface area (Å²) >= 11 is 0. The number of pyridine rings is 1. The van der Waals surface area contributed by atoms with Crippen molar-refractivity contribution in [2.45, 2.75) is 13.8 Å². The number of aryl methyl sites for hydroxylation is 2. The van der Waals surface area contributed by atoms with Crippen LogP contribution in [0, 0.1) is 13.8 Å². The van der Waals surface area contributed by atoms with Gasteiger partial charge < -0.3 is 5.43 Å². The largest absolute Gasteiger partial charge is 0.308 e. The first-order valence-corrected chi connectivity index (χ1v) is 4.55. The maximum absolute atomic E-state index is 5.30. The number of nitrogens with one attached hydrogen (secondary N) is 1. The first-order chi connectivity index (χ1) is 6.70. The first-order valence-electron chi connectivity index (χ1n) is 4.55. The van der Waals surface area contributed by atoms with Crippen molar-refractivity contribution in [3.63, 3.8) is 0 Å². The minimum absolute atomic E-state index is 0.697. The van der Waals surface area contributed by atoms with Crippen molar-refractivity contribution < 1.29 is 0 Å². The number of hydrazine groups is 1. The molecule has 3 nitrogen and oxygen atoms in total. The first kappa shape index (κ1) is 8.97. The van der Waals surface area contributed by atoms with Crippen molar-refractivity contribution in [2.75, 3.05) is 5.43 Å². The molecular weight excluding hydrogens is 174 g/mol. The van der Waals surface area contributed by atoms with Crippen molar-refractivity contribution in [1.29, 1.82) is 0 Å². The van der Waals surface area contributed by atoms with Crippen molar-refractivity contribution in [3.05, 3.63) is 35.4 Å². The van der Waals surface area contributed by atoms with Gasteiger partial charge in [-0.1, -0.05) is 6.07 Å². The van der Waals surface area contributed by atoms with Crippen LogP contribution in [0.1, 0.15) is 11.1 Å². The molecule has 1 aromatic heterocycles. The van der Waals surface area contributed by atoms with Gasteiger partial charge in [-0.15, -0.1) is 0 Å². The SMILES string of the molecule is Cc1cc(C)c2ccc(NN)nc2c1. The predicted molar refractivity (Wildman–Crippen MR) is 59.0 cm³/mol. The molecule has 72 valence electrons. The average molecular weight is 187 g/mol. The van der Waals surface area contributed by atoms with Gasteiger partial charge in [0.25, 0.3) is 0 Å². The molecule has 0 radical (unpaired) electrons. The lowest BCUT2D eigenvalue weighted by molar-refractivity contribution is 1.26. The number of anilines is 1. The molecule has 0 spiro atoms. The van der Waals surface area contributed by atoms with E-state index in [0.29, 0.717) is 5.82 Å². The van der Waals surface area contributed by atoms with Crippen LogP contribution in [0.2, 0.25) is 0 Å². The number of rotatable bonds is 1. The average Bonchev–Trinajstić information content (AvgIpc) is 2.16. The Kier molecular flexibility index (Phi) is 2.09. The lowest BCUT2D eigenvalue weighted by Crippen LogP contribution is -2.08. The Morgan fingerprint density at radius 2 is 2.00 bits per heavy atom. The molecule has 0 fully saturated rings. The topological polar surface area (TPSA) is 50.9 Å². The minimum Gasteiger partial charge on any atom is -0.308 e. The second kappa shape index (κ2) is 3.27. The van der Waals surface area contributed by atoms with E-state index in [9.17, 15) is 0 Å². The fraction of sp³-hybridized carbons (Fsp3) is 0.182. The molecule has 0 amide bonds. The molecule has 2 aromatic rings. The summed E-state index contributed by atoms with van der Waals surface area (Å²) < 4.78 is 0. The molecule has 14 heavy (non-hydrogen) atoms. The minimum atomic E-state index is 0.697. The van der Waals surface area contributed by atoms with Crippen molar-refractivity contribution in [3.8, 4) is 0 Å². The number of nitrogens with two attached hydrogens (primary N) is 1. The Hall–Kier alpha value is -1.61. The van der Waals surface area contributed by atoms with Crippen LogP contribution in [0.15, 0.2) is 24.3 Å². The molecule has 2 rings (SSSR count). The van der Waals surface area contributed by atoms with Crippen LogP contribution in [0.3, 0.4) is 0 Å². The van der Waals surface area contributed by atoms with E-state index in [-0.39, 0.29) is 0 Å². The third-order valence-corrected chi connectivity index (χ3v) is 2.31. The zero-order chi connectivity index (χ0) is 10.1. The summed E-state index contributed by atoms with van der Waals surface area (Å²) in [6.45, 7) is 4.16. The number of nitrogen functional groups attached to an aromatic ring is 1. The van der Waals surface area contributed by atoms with Gasteiger partial charge >= 0.3 is 0 Å². The van der Waals surface area contributed by atoms with E-state index in [1.165, 1.54) is 16.5 Å². The molecule has 0 saturated carbocycles. The molecule has 0 atom stereocenters. The number of hydrogen-bond donors (Lipinski definition) is 2. The van der Waals surface area contributed by atoms with E-state index in [1.54, 1.807) is 0 Å². The van der Waals surface area contributed by atoms with Crippen LogP contribution in [-0.4, -0.2) is 4.98 Å². The fourth-order valence-electron chi connectivity index (χ4n) is 1.68. The maximum atomic E-state index is 5.30. The number of aromatic nitrogens is 1. The van der Waals surface area contributed by atoms with Crippen LogP contribution in [0.4, 0.5) is 5.82 Å². The summed E-state index contributed by atoms with van der Waals surface area (Å²) in [5.74, 6) is 6.00. The number of hydrogen-bond acceptors (Lipinski definition) is 3. The van der Waals surface area contributed by atoms with Crippen molar-refractivity contribution >= 4 is 16.7 Å². The predicted octanol–water partition coefficient (Wildman–Crippen LogP) is 2.14. The van der Waals surface area contributed by atoms with Crippen molar-refractivity contribution in [2.24, 2.45) is 5.84 Å². The Morgan fingerprint density at radius 1 is 1.21 bits per heavy atom. The van der Waals surface area contributed by atoms with E-state index >= 15 is 0 Å². The van der Waals surface area contributed by atoms with Gasteiger partial charge in [-0.05, 0) is 43.2 Å². The lowest BCUT2D eigenvalue weighted by atomic mass is 10.1. The smallest absolute Gasteiger partial charge is 0.140 e. The standard InChI is InChI=1S/C11H13N3/c1-7-5-8(2)9-3-4-11(14-12)13-10(9)6-7/h3-6H,12H2,1-2H3,(H,13,14). The second-order valence-electron chi connectivity index (χ2n) is 3.49. The summed E-state index contributed by atoms with van der Waals surface area (Å²) in [5, 5.41) is 1.18. The summed E-state index contributed by atoms with van der Waals surface area (Å²) in [6.07, 6.45) is 0. The quantitative estimate of drug-likeness (QED) is 0.531. The van der Waals surface area contributed by atoms with Gasteiger partial charge in [0.05, 0.1) is 5.52 Å². The van der Waals surface area contributed by atoms with E-state index in [4.69, 9.17) is 5.84 Å². The lowest BCUT2D eigenvalue weighted by Gasteiger charge is -2.05. The fourth-order valence-corrected chi connectivity index (χ4v) is 1.68. The molecule has 0 aliphatic heterocycles. The van der Waals surface area contributed by atoms with Gasteiger partial charge in [0, 0.05) is 5.39 Å². The van der Waals surface area contributed by atoms with E-state index in [0.717, 1.165) is 5.52 Å². The normalized spacial score (nSPS) is 10.5. The van der Waals surface area contributed by atoms with Crippen LogP contribution in [0.25, 0.3) is 10.9 Å². The van der Waals surface area contributed by atoms with E-state index < -0.39 is 0 Å². The molecule has 3 heteroatoms. The Balaban J connectivity index is 2.75. The number of fused-ring (bicyclic) bond motifs is 1. The summed E-state index contributed by atoms with van der Waals surface area (Å²) in [5.41, 5.74) is 6.00. The highest BCUT2D eigenvalue weighted by Crippen LogP contribution is 2.20. The highest BCUT2D eigenvalue weighted by molar-refractivity contribution is 5.84. The van der Waals surface area contributed by atoms with E-state index in [2.05, 4.69) is 36.4 Å². The molecule has 1 aromatic carbocycles. The molecule has 3 N–H and O–H groups in total. The highest BCUT2D eigenvalue weighted by atomic mass is 15.2. The van der Waals surface area contributed by atoms with Gasteiger partial charge in [-0.3, -0.25) is 0 Å². The summed E-state index contributed by atoms with van der Waals surface area (Å²) in [4.78, 5) is 4.38. The number of nitrogens with zero attached hydrogens (tertiary/aromatic N) is 1. The molecule has 1 heterocycles. The second-order valence-corrected chi connectivity index (χ2v) is 3.49. The Bertz CT molecular complexity index is 477. The molecular formula is C11H13N3. The maximum Gasteiger partial charge on any atom is 0.140 e. The van der Waals surface area contributed by atoms with Crippen LogP contribution < -0.4 is 11.3 Å². The Labute approximate surface area is 82.9 Å². The van der Waals surface area contributed by atoms with Crippen LogP contribution in [-0.2, 0) is 0 Å². The highest BCUT2D eigenvalue weighted by Gasteiger charge is 2.00. The molecule has 0 saturated heterocycles. The van der Waals surface area contributed by atoms with Crippen LogP contribution in [0.5, 0.6) is 0 Å². The van der Waals surface area contributed by atoms with Gasteiger partial charge in [0.1, 0.15) is 5.82 Å². The third-order valence-electron chi connectivity index (χ3n) is 2.31. The molecule has 0 unspecified atom stereocenters. The van der Waals surface area contributed by atoms with Gasteiger partial charge in [-0.25, -0.2) is 10.8 Å².